The van der Waals surface area contributed by atoms with E-state index in [-0.39, 0.29) is 31.1 Å². The second-order valence-corrected chi connectivity index (χ2v) is 14.6. The summed E-state index contributed by atoms with van der Waals surface area (Å²) in [7, 11) is 0. The number of carbonyl (C=O) groups is 3. The molecule has 0 radical (unpaired) electrons. The molecule has 0 bridgehead atoms. The first-order valence-corrected chi connectivity index (χ1v) is 21.5. The minimum absolute atomic E-state index is 0.0642. The quantitative estimate of drug-likeness (QED) is 0.0362. The standard InChI is InChI=1S/C43H82O6/c1-4-7-10-13-15-17-19-20-21-22-23-24-26-27-30-33-36-42(45)48-39-40(38-47-41(44)35-32-29-12-9-6-3)49-43(46)37-34-31-28-25-18-16-14-11-8-5-2/h40H,4-39H2,1-3H3/t40-/m0/s1. The maximum Gasteiger partial charge on any atom is 0.306 e. The smallest absolute Gasteiger partial charge is 0.306 e. The van der Waals surface area contributed by atoms with Crippen molar-refractivity contribution in [2.24, 2.45) is 0 Å². The average Bonchev–Trinajstić information content (AvgIpc) is 3.09. The van der Waals surface area contributed by atoms with E-state index in [0.717, 1.165) is 64.2 Å². The van der Waals surface area contributed by atoms with E-state index in [1.165, 1.54) is 135 Å². The van der Waals surface area contributed by atoms with Gasteiger partial charge in [0, 0.05) is 19.3 Å². The van der Waals surface area contributed by atoms with Crippen molar-refractivity contribution in [3.05, 3.63) is 0 Å². The fourth-order valence-corrected chi connectivity index (χ4v) is 6.32. The molecule has 0 aliphatic carbocycles. The molecule has 49 heavy (non-hydrogen) atoms. The van der Waals surface area contributed by atoms with Crippen LogP contribution in [0.5, 0.6) is 0 Å². The van der Waals surface area contributed by atoms with Crippen molar-refractivity contribution in [2.75, 3.05) is 13.2 Å². The molecule has 6 nitrogen and oxygen atoms in total. The molecule has 0 heterocycles. The second-order valence-electron chi connectivity index (χ2n) is 14.6. The molecule has 0 fully saturated rings. The van der Waals surface area contributed by atoms with Gasteiger partial charge < -0.3 is 14.2 Å². The van der Waals surface area contributed by atoms with E-state index in [1.807, 2.05) is 0 Å². The van der Waals surface area contributed by atoms with Crippen LogP contribution >= 0.6 is 0 Å². The molecule has 0 aromatic carbocycles. The molecule has 0 aromatic heterocycles. The highest BCUT2D eigenvalue weighted by Crippen LogP contribution is 2.15. The van der Waals surface area contributed by atoms with Gasteiger partial charge in [0.25, 0.3) is 0 Å². The summed E-state index contributed by atoms with van der Waals surface area (Å²) in [6.45, 7) is 6.55. The van der Waals surface area contributed by atoms with Crippen molar-refractivity contribution >= 4 is 17.9 Å². The molecular weight excluding hydrogens is 612 g/mol. The Morgan fingerprint density at radius 3 is 0.816 bits per heavy atom. The van der Waals surface area contributed by atoms with E-state index in [4.69, 9.17) is 14.2 Å². The van der Waals surface area contributed by atoms with Gasteiger partial charge in [-0.1, -0.05) is 201 Å². The highest BCUT2D eigenvalue weighted by molar-refractivity contribution is 5.71. The maximum absolute atomic E-state index is 12.6. The number of hydrogen-bond acceptors (Lipinski definition) is 6. The summed E-state index contributed by atoms with van der Waals surface area (Å²) in [4.78, 5) is 37.3. The number of rotatable bonds is 39. The molecule has 0 aliphatic rings. The van der Waals surface area contributed by atoms with Crippen molar-refractivity contribution in [3.8, 4) is 0 Å². The zero-order valence-electron chi connectivity index (χ0n) is 33.0. The summed E-state index contributed by atoms with van der Waals surface area (Å²) in [5.41, 5.74) is 0. The predicted molar refractivity (Wildman–Crippen MR) is 206 cm³/mol. The molecule has 0 aromatic rings. The Labute approximate surface area is 304 Å². The lowest BCUT2D eigenvalue weighted by Crippen LogP contribution is -2.30. The van der Waals surface area contributed by atoms with Gasteiger partial charge in [0.1, 0.15) is 13.2 Å². The predicted octanol–water partition coefficient (Wildman–Crippen LogP) is 13.3. The SMILES string of the molecule is CCCCCCCCCCCCCCCCCCC(=O)OC[C@H](COC(=O)CCCCCCC)OC(=O)CCCCCCCCCCCC. The first-order valence-electron chi connectivity index (χ1n) is 21.5. The van der Waals surface area contributed by atoms with Crippen molar-refractivity contribution in [2.45, 2.75) is 245 Å². The van der Waals surface area contributed by atoms with E-state index in [1.54, 1.807) is 0 Å². The van der Waals surface area contributed by atoms with Crippen LogP contribution in [0.2, 0.25) is 0 Å². The monoisotopic (exact) mass is 695 g/mol. The van der Waals surface area contributed by atoms with Gasteiger partial charge in [-0.3, -0.25) is 14.4 Å². The van der Waals surface area contributed by atoms with Crippen molar-refractivity contribution in [1.29, 1.82) is 0 Å². The highest BCUT2D eigenvalue weighted by Gasteiger charge is 2.19. The minimum atomic E-state index is -0.755. The first kappa shape index (κ1) is 47.4. The van der Waals surface area contributed by atoms with E-state index >= 15 is 0 Å². The van der Waals surface area contributed by atoms with Crippen LogP contribution in [0.1, 0.15) is 239 Å². The third-order valence-corrected chi connectivity index (χ3v) is 9.61. The van der Waals surface area contributed by atoms with E-state index in [0.29, 0.717) is 19.3 Å². The van der Waals surface area contributed by atoms with Crippen LogP contribution in [0.4, 0.5) is 0 Å². The van der Waals surface area contributed by atoms with Crippen LogP contribution in [-0.2, 0) is 28.6 Å². The van der Waals surface area contributed by atoms with Gasteiger partial charge in [-0.2, -0.15) is 0 Å². The Hall–Kier alpha value is -1.59. The number of ether oxygens (including phenoxy) is 3. The van der Waals surface area contributed by atoms with Gasteiger partial charge in [-0.15, -0.1) is 0 Å². The van der Waals surface area contributed by atoms with Crippen molar-refractivity contribution < 1.29 is 28.6 Å². The molecule has 0 amide bonds. The second kappa shape index (κ2) is 39.2. The fourth-order valence-electron chi connectivity index (χ4n) is 6.32. The van der Waals surface area contributed by atoms with Gasteiger partial charge in [0.05, 0.1) is 0 Å². The van der Waals surface area contributed by atoms with E-state index in [2.05, 4.69) is 20.8 Å². The molecule has 290 valence electrons. The molecule has 0 rings (SSSR count). The number of hydrogen-bond donors (Lipinski definition) is 0. The van der Waals surface area contributed by atoms with Gasteiger partial charge in [-0.05, 0) is 19.3 Å². The van der Waals surface area contributed by atoms with E-state index < -0.39 is 6.10 Å². The minimum Gasteiger partial charge on any atom is -0.462 e. The van der Waals surface area contributed by atoms with Crippen LogP contribution in [-0.4, -0.2) is 37.2 Å². The lowest BCUT2D eigenvalue weighted by molar-refractivity contribution is -0.167. The molecule has 0 N–H and O–H groups in total. The molecule has 1 atom stereocenters. The summed E-state index contributed by atoms with van der Waals surface area (Å²) in [5, 5.41) is 0. The van der Waals surface area contributed by atoms with Crippen LogP contribution in [0.3, 0.4) is 0 Å². The van der Waals surface area contributed by atoms with Crippen molar-refractivity contribution in [3.63, 3.8) is 0 Å². The normalized spacial score (nSPS) is 11.8. The summed E-state index contributed by atoms with van der Waals surface area (Å²) in [5.74, 6) is -0.871. The molecule has 6 heteroatoms. The lowest BCUT2D eigenvalue weighted by atomic mass is 10.0. The zero-order valence-corrected chi connectivity index (χ0v) is 33.0. The third-order valence-electron chi connectivity index (χ3n) is 9.61. The van der Waals surface area contributed by atoms with Crippen molar-refractivity contribution in [1.82, 2.24) is 0 Å². The molecule has 0 aliphatic heterocycles. The molecular formula is C43H82O6. The third kappa shape index (κ3) is 37.5. The Kier molecular flexibility index (Phi) is 37.9. The summed E-state index contributed by atoms with van der Waals surface area (Å²) in [6.07, 6.45) is 38.3. The number of unbranched alkanes of at least 4 members (excludes halogenated alkanes) is 28. The Balaban J connectivity index is 4.15. The van der Waals surface area contributed by atoms with E-state index in [9.17, 15) is 14.4 Å². The molecule has 0 spiro atoms. The fraction of sp³-hybridized carbons (Fsp3) is 0.930. The topological polar surface area (TPSA) is 78.9 Å². The Morgan fingerprint density at radius 2 is 0.551 bits per heavy atom. The van der Waals surface area contributed by atoms with Crippen LogP contribution < -0.4 is 0 Å². The summed E-state index contributed by atoms with van der Waals surface area (Å²) in [6, 6.07) is 0. The van der Waals surface area contributed by atoms with Crippen LogP contribution in [0, 0.1) is 0 Å². The largest absolute Gasteiger partial charge is 0.462 e. The van der Waals surface area contributed by atoms with Gasteiger partial charge in [0.2, 0.25) is 0 Å². The summed E-state index contributed by atoms with van der Waals surface area (Å²) >= 11 is 0. The number of esters is 3. The van der Waals surface area contributed by atoms with Gasteiger partial charge in [0.15, 0.2) is 6.10 Å². The Bertz CT molecular complexity index is 723. The van der Waals surface area contributed by atoms with Gasteiger partial charge in [-0.25, -0.2) is 0 Å². The van der Waals surface area contributed by atoms with Gasteiger partial charge >= 0.3 is 17.9 Å². The number of carbonyl (C=O) groups excluding carboxylic acids is 3. The molecule has 0 saturated carbocycles. The maximum atomic E-state index is 12.6. The van der Waals surface area contributed by atoms with Crippen LogP contribution in [0.25, 0.3) is 0 Å². The molecule has 0 unspecified atom stereocenters. The highest BCUT2D eigenvalue weighted by atomic mass is 16.6. The van der Waals surface area contributed by atoms with Crippen LogP contribution in [0.15, 0.2) is 0 Å². The lowest BCUT2D eigenvalue weighted by Gasteiger charge is -2.18. The average molecular weight is 695 g/mol. The Morgan fingerprint density at radius 1 is 0.327 bits per heavy atom. The summed E-state index contributed by atoms with van der Waals surface area (Å²) < 4.78 is 16.6. The molecule has 0 saturated heterocycles. The first-order chi connectivity index (χ1) is 24.0. The zero-order chi connectivity index (χ0) is 35.9.